The molecule has 8 heteroatoms. The molecule has 0 aliphatic rings. The van der Waals surface area contributed by atoms with Crippen molar-refractivity contribution in [3.05, 3.63) is 39.7 Å². The van der Waals surface area contributed by atoms with Crippen LogP contribution < -0.4 is 5.73 Å². The average Bonchev–Trinajstić information content (AvgIpc) is 2.28. The summed E-state index contributed by atoms with van der Waals surface area (Å²) in [6, 6.07) is 2.25. The number of halogens is 3. The van der Waals surface area contributed by atoms with Crippen LogP contribution >= 0.6 is 0 Å². The summed E-state index contributed by atoms with van der Waals surface area (Å²) in [4.78, 5) is 9.47. The second-order valence-electron chi connectivity index (χ2n) is 3.99. The Kier molecular flexibility index (Phi) is 3.63. The summed E-state index contributed by atoms with van der Waals surface area (Å²) in [7, 11) is 0. The van der Waals surface area contributed by atoms with E-state index in [-0.39, 0.29) is 5.56 Å². The first-order valence-electron chi connectivity index (χ1n) is 4.85. The van der Waals surface area contributed by atoms with Crippen molar-refractivity contribution in [2.75, 3.05) is 6.61 Å². The van der Waals surface area contributed by atoms with Crippen LogP contribution in [0.15, 0.2) is 18.2 Å². The first-order valence-corrected chi connectivity index (χ1v) is 4.85. The zero-order chi connectivity index (χ0) is 14.1. The standard InChI is InChI=1S/C10H11F3N2O3/c1-9(14,10(12,13)5-16)6-2-3-7(11)8(4-6)15(17)18/h2-4,16H,5,14H2,1H3/t9-/m1/s1. The smallest absolute Gasteiger partial charge is 0.305 e. The van der Waals surface area contributed by atoms with Gasteiger partial charge in [-0.25, -0.2) is 8.78 Å². The van der Waals surface area contributed by atoms with Crippen molar-refractivity contribution in [3.63, 3.8) is 0 Å². The summed E-state index contributed by atoms with van der Waals surface area (Å²) in [6.45, 7) is -0.620. The molecule has 0 radical (unpaired) electrons. The Hall–Kier alpha value is -1.67. The van der Waals surface area contributed by atoms with E-state index in [0.29, 0.717) is 12.1 Å². The fourth-order valence-corrected chi connectivity index (χ4v) is 1.35. The molecular formula is C10H11F3N2O3. The lowest BCUT2D eigenvalue weighted by Crippen LogP contribution is -2.52. The van der Waals surface area contributed by atoms with Gasteiger partial charge in [0.05, 0.1) is 4.92 Å². The first-order chi connectivity index (χ1) is 8.13. The molecule has 0 saturated heterocycles. The van der Waals surface area contributed by atoms with Crippen molar-refractivity contribution in [2.24, 2.45) is 5.73 Å². The third-order valence-electron chi connectivity index (χ3n) is 2.70. The largest absolute Gasteiger partial charge is 0.390 e. The van der Waals surface area contributed by atoms with Crippen molar-refractivity contribution in [1.29, 1.82) is 0 Å². The van der Waals surface area contributed by atoms with E-state index < -0.39 is 34.5 Å². The van der Waals surface area contributed by atoms with Crippen molar-refractivity contribution in [3.8, 4) is 0 Å². The van der Waals surface area contributed by atoms with Crippen molar-refractivity contribution < 1.29 is 23.2 Å². The van der Waals surface area contributed by atoms with Crippen molar-refractivity contribution in [2.45, 2.75) is 18.4 Å². The molecule has 0 fully saturated rings. The number of aliphatic hydroxyl groups excluding tert-OH is 1. The SMILES string of the molecule is C[C@@](N)(c1ccc(F)c([N+](=O)[O-])c1)C(F)(F)CO. The van der Waals surface area contributed by atoms with Gasteiger partial charge in [0.15, 0.2) is 0 Å². The van der Waals surface area contributed by atoms with Gasteiger partial charge in [-0.3, -0.25) is 10.1 Å². The molecule has 0 spiro atoms. The minimum Gasteiger partial charge on any atom is -0.390 e. The predicted molar refractivity (Wildman–Crippen MR) is 56.6 cm³/mol. The zero-order valence-corrected chi connectivity index (χ0v) is 9.36. The van der Waals surface area contributed by atoms with Gasteiger partial charge in [-0.1, -0.05) is 6.07 Å². The van der Waals surface area contributed by atoms with Crippen LogP contribution in [0.2, 0.25) is 0 Å². The molecule has 0 unspecified atom stereocenters. The molecule has 0 amide bonds. The summed E-state index contributed by atoms with van der Waals surface area (Å²) in [5.74, 6) is -4.84. The number of hydrogen-bond donors (Lipinski definition) is 2. The van der Waals surface area contributed by atoms with Crippen LogP contribution in [0.1, 0.15) is 12.5 Å². The molecule has 1 aromatic rings. The van der Waals surface area contributed by atoms with E-state index in [0.717, 1.165) is 13.0 Å². The highest BCUT2D eigenvalue weighted by molar-refractivity contribution is 5.40. The molecule has 0 bridgehead atoms. The summed E-state index contributed by atoms with van der Waals surface area (Å²) in [6.07, 6.45) is 0. The average molecular weight is 264 g/mol. The van der Waals surface area contributed by atoms with Gasteiger partial charge in [-0.05, 0) is 18.6 Å². The Morgan fingerprint density at radius 2 is 2.06 bits per heavy atom. The summed E-state index contributed by atoms with van der Waals surface area (Å²) in [5.41, 5.74) is 1.76. The van der Waals surface area contributed by atoms with E-state index in [4.69, 9.17) is 10.8 Å². The topological polar surface area (TPSA) is 89.4 Å². The number of aliphatic hydroxyl groups is 1. The molecule has 100 valence electrons. The molecular weight excluding hydrogens is 253 g/mol. The van der Waals surface area contributed by atoms with E-state index in [9.17, 15) is 23.3 Å². The second-order valence-corrected chi connectivity index (χ2v) is 3.99. The van der Waals surface area contributed by atoms with Crippen LogP contribution in [0.5, 0.6) is 0 Å². The molecule has 1 rings (SSSR count). The number of rotatable bonds is 4. The lowest BCUT2D eigenvalue weighted by molar-refractivity contribution is -0.387. The van der Waals surface area contributed by atoms with Crippen LogP contribution in [0.3, 0.4) is 0 Å². The fraction of sp³-hybridized carbons (Fsp3) is 0.400. The number of nitrogens with zero attached hydrogens (tertiary/aromatic N) is 1. The molecule has 5 nitrogen and oxygen atoms in total. The predicted octanol–water partition coefficient (Wildman–Crippen LogP) is 1.54. The molecule has 18 heavy (non-hydrogen) atoms. The van der Waals surface area contributed by atoms with Crippen molar-refractivity contribution >= 4 is 5.69 Å². The van der Waals surface area contributed by atoms with Crippen LogP contribution in [0.25, 0.3) is 0 Å². The van der Waals surface area contributed by atoms with E-state index in [2.05, 4.69) is 0 Å². The number of benzene rings is 1. The van der Waals surface area contributed by atoms with Crippen LogP contribution in [-0.2, 0) is 5.54 Å². The monoisotopic (exact) mass is 264 g/mol. The van der Waals surface area contributed by atoms with E-state index in [1.54, 1.807) is 0 Å². The van der Waals surface area contributed by atoms with Crippen LogP contribution in [0.4, 0.5) is 18.9 Å². The van der Waals surface area contributed by atoms with Gasteiger partial charge in [-0.2, -0.15) is 4.39 Å². The Balaban J connectivity index is 3.34. The Bertz CT molecular complexity index is 477. The van der Waals surface area contributed by atoms with E-state index in [1.807, 2.05) is 0 Å². The maximum absolute atomic E-state index is 13.4. The van der Waals surface area contributed by atoms with E-state index in [1.165, 1.54) is 0 Å². The molecule has 0 aliphatic carbocycles. The number of hydrogen-bond acceptors (Lipinski definition) is 4. The highest BCUT2D eigenvalue weighted by Crippen LogP contribution is 2.36. The highest BCUT2D eigenvalue weighted by Gasteiger charge is 2.48. The third-order valence-corrected chi connectivity index (χ3v) is 2.70. The number of nitrogens with two attached hydrogens (primary N) is 1. The number of alkyl halides is 2. The van der Waals surface area contributed by atoms with E-state index >= 15 is 0 Å². The second kappa shape index (κ2) is 4.54. The molecule has 0 heterocycles. The highest BCUT2D eigenvalue weighted by atomic mass is 19.3. The number of nitro benzene ring substituents is 1. The maximum Gasteiger partial charge on any atom is 0.305 e. The van der Waals surface area contributed by atoms with Gasteiger partial charge < -0.3 is 10.8 Å². The first kappa shape index (κ1) is 14.4. The lowest BCUT2D eigenvalue weighted by atomic mass is 9.86. The molecule has 0 aromatic heterocycles. The molecule has 0 aliphatic heterocycles. The Labute approximate surface area is 100 Å². The minimum absolute atomic E-state index is 0.338. The summed E-state index contributed by atoms with van der Waals surface area (Å²) >= 11 is 0. The van der Waals surface area contributed by atoms with Gasteiger partial charge in [-0.15, -0.1) is 0 Å². The number of nitro groups is 1. The Morgan fingerprint density at radius 3 is 2.50 bits per heavy atom. The van der Waals surface area contributed by atoms with Gasteiger partial charge in [0, 0.05) is 6.07 Å². The minimum atomic E-state index is -3.70. The molecule has 1 atom stereocenters. The maximum atomic E-state index is 13.4. The molecule has 3 N–H and O–H groups in total. The zero-order valence-electron chi connectivity index (χ0n) is 9.36. The van der Waals surface area contributed by atoms with Gasteiger partial charge in [0.1, 0.15) is 12.1 Å². The molecule has 1 aromatic carbocycles. The van der Waals surface area contributed by atoms with Crippen molar-refractivity contribution in [1.82, 2.24) is 0 Å². The summed E-state index contributed by atoms with van der Waals surface area (Å²) < 4.78 is 39.9. The lowest BCUT2D eigenvalue weighted by Gasteiger charge is -2.32. The third kappa shape index (κ3) is 2.29. The van der Waals surface area contributed by atoms with Gasteiger partial charge >= 0.3 is 5.69 Å². The normalized spacial score (nSPS) is 15.2. The van der Waals surface area contributed by atoms with Crippen LogP contribution in [-0.4, -0.2) is 22.6 Å². The summed E-state index contributed by atoms with van der Waals surface area (Å²) in [5, 5.41) is 19.1. The van der Waals surface area contributed by atoms with Gasteiger partial charge in [0.25, 0.3) is 5.92 Å². The fourth-order valence-electron chi connectivity index (χ4n) is 1.35. The van der Waals surface area contributed by atoms with Crippen LogP contribution in [0, 0.1) is 15.9 Å². The quantitative estimate of drug-likeness (QED) is 0.637. The molecule has 0 saturated carbocycles. The van der Waals surface area contributed by atoms with Gasteiger partial charge in [0.2, 0.25) is 5.82 Å². The Morgan fingerprint density at radius 1 is 1.50 bits per heavy atom.